The summed E-state index contributed by atoms with van der Waals surface area (Å²) in [5, 5.41) is 0. The van der Waals surface area contributed by atoms with E-state index in [1.54, 1.807) is 27.3 Å². The fraction of sp³-hybridized carbons (Fsp3) is 0.500. The van der Waals surface area contributed by atoms with Crippen LogP contribution in [0.25, 0.3) is 0 Å². The van der Waals surface area contributed by atoms with E-state index in [4.69, 9.17) is 9.47 Å². The van der Waals surface area contributed by atoms with E-state index in [0.717, 1.165) is 11.5 Å². The fourth-order valence-electron chi connectivity index (χ4n) is 0.752. The number of allylic oxidation sites excluding steroid dienone is 2. The Morgan fingerprint density at radius 1 is 1.38 bits per heavy atom. The second kappa shape index (κ2) is 6.29. The van der Waals surface area contributed by atoms with E-state index >= 15 is 0 Å². The van der Waals surface area contributed by atoms with Gasteiger partial charge in [-0.2, -0.15) is 0 Å². The van der Waals surface area contributed by atoms with Crippen LogP contribution in [0.3, 0.4) is 0 Å². The topological polar surface area (TPSA) is 30.8 Å². The van der Waals surface area contributed by atoms with E-state index in [1.165, 1.54) is 0 Å². The summed E-state index contributed by atoms with van der Waals surface area (Å²) in [5.41, 5.74) is 1.01. The van der Waals surface area contributed by atoms with Gasteiger partial charge in [0.25, 0.3) is 0 Å². The SMILES string of the molecule is C=C(/C=C(\CC(C)=NC)OC)OC. The van der Waals surface area contributed by atoms with Gasteiger partial charge < -0.3 is 9.47 Å². The summed E-state index contributed by atoms with van der Waals surface area (Å²) < 4.78 is 10.0. The van der Waals surface area contributed by atoms with Crippen molar-refractivity contribution in [2.75, 3.05) is 21.3 Å². The molecule has 0 aromatic rings. The third kappa shape index (κ3) is 5.06. The van der Waals surface area contributed by atoms with Gasteiger partial charge in [0, 0.05) is 25.3 Å². The van der Waals surface area contributed by atoms with Gasteiger partial charge in [-0.3, -0.25) is 4.99 Å². The van der Waals surface area contributed by atoms with Crippen LogP contribution < -0.4 is 0 Å². The number of nitrogens with zero attached hydrogens (tertiary/aromatic N) is 1. The second-order valence-electron chi connectivity index (χ2n) is 2.62. The molecule has 0 aliphatic heterocycles. The van der Waals surface area contributed by atoms with Crippen LogP contribution in [0.2, 0.25) is 0 Å². The minimum Gasteiger partial charge on any atom is -0.501 e. The van der Waals surface area contributed by atoms with Gasteiger partial charge in [0.2, 0.25) is 0 Å². The van der Waals surface area contributed by atoms with Gasteiger partial charge in [-0.05, 0) is 6.92 Å². The molecule has 74 valence electrons. The Kier molecular flexibility index (Phi) is 5.68. The Morgan fingerprint density at radius 3 is 2.38 bits per heavy atom. The van der Waals surface area contributed by atoms with E-state index in [2.05, 4.69) is 11.6 Å². The predicted octanol–water partition coefficient (Wildman–Crippen LogP) is 2.16. The van der Waals surface area contributed by atoms with Crippen molar-refractivity contribution in [3.05, 3.63) is 24.2 Å². The maximum atomic E-state index is 5.13. The molecular formula is C10H17NO2. The largest absolute Gasteiger partial charge is 0.501 e. The Labute approximate surface area is 79.8 Å². The molecule has 3 nitrogen and oxygen atoms in total. The van der Waals surface area contributed by atoms with Gasteiger partial charge in [0.15, 0.2) is 0 Å². The average Bonchev–Trinajstić information content (AvgIpc) is 2.16. The molecule has 0 heterocycles. The number of ether oxygens (including phenoxy) is 2. The molecule has 0 saturated carbocycles. The lowest BCUT2D eigenvalue weighted by atomic mass is 10.2. The smallest absolute Gasteiger partial charge is 0.115 e. The highest BCUT2D eigenvalue weighted by Gasteiger charge is 1.99. The molecule has 0 fully saturated rings. The number of aliphatic imine (C=N–C) groups is 1. The van der Waals surface area contributed by atoms with Crippen molar-refractivity contribution in [3.63, 3.8) is 0 Å². The quantitative estimate of drug-likeness (QED) is 0.371. The van der Waals surface area contributed by atoms with Crippen LogP contribution in [0.4, 0.5) is 0 Å². The molecule has 0 radical (unpaired) electrons. The Bertz CT molecular complexity index is 229. The first-order chi connectivity index (χ1) is 6.13. The highest BCUT2D eigenvalue weighted by Crippen LogP contribution is 2.07. The third-order valence-corrected chi connectivity index (χ3v) is 1.66. The van der Waals surface area contributed by atoms with Crippen LogP contribution >= 0.6 is 0 Å². The molecule has 0 aliphatic carbocycles. The molecule has 0 rings (SSSR count). The normalized spacial score (nSPS) is 12.6. The molecule has 3 heteroatoms. The van der Waals surface area contributed by atoms with Gasteiger partial charge in [0.1, 0.15) is 11.5 Å². The summed E-state index contributed by atoms with van der Waals surface area (Å²) >= 11 is 0. The molecule has 0 amide bonds. The Balaban J connectivity index is 4.34. The zero-order valence-corrected chi connectivity index (χ0v) is 8.76. The first-order valence-corrected chi connectivity index (χ1v) is 4.03. The maximum absolute atomic E-state index is 5.13. The summed E-state index contributed by atoms with van der Waals surface area (Å²) in [4.78, 5) is 4.03. The summed E-state index contributed by atoms with van der Waals surface area (Å²) in [6.07, 6.45) is 2.45. The first kappa shape index (κ1) is 11.8. The van der Waals surface area contributed by atoms with Crippen molar-refractivity contribution in [1.82, 2.24) is 0 Å². The van der Waals surface area contributed by atoms with Crippen LogP contribution in [-0.4, -0.2) is 27.0 Å². The van der Waals surface area contributed by atoms with Crippen LogP contribution in [0.1, 0.15) is 13.3 Å². The number of methoxy groups -OCH3 is 2. The first-order valence-electron chi connectivity index (χ1n) is 4.03. The van der Waals surface area contributed by atoms with Crippen LogP contribution in [0.15, 0.2) is 29.2 Å². The number of rotatable bonds is 5. The molecule has 0 spiro atoms. The number of hydrogen-bond acceptors (Lipinski definition) is 3. The fourth-order valence-corrected chi connectivity index (χ4v) is 0.752. The van der Waals surface area contributed by atoms with Crippen molar-refractivity contribution >= 4 is 5.71 Å². The average molecular weight is 183 g/mol. The molecular weight excluding hydrogens is 166 g/mol. The lowest BCUT2D eigenvalue weighted by molar-refractivity contribution is 0.273. The zero-order valence-electron chi connectivity index (χ0n) is 8.76. The summed E-state index contributed by atoms with van der Waals surface area (Å²) in [6.45, 7) is 5.62. The van der Waals surface area contributed by atoms with Crippen molar-refractivity contribution < 1.29 is 9.47 Å². The van der Waals surface area contributed by atoms with Crippen molar-refractivity contribution in [1.29, 1.82) is 0 Å². The molecule has 0 N–H and O–H groups in total. The van der Waals surface area contributed by atoms with E-state index in [-0.39, 0.29) is 0 Å². The van der Waals surface area contributed by atoms with E-state index < -0.39 is 0 Å². The predicted molar refractivity (Wildman–Crippen MR) is 54.9 cm³/mol. The second-order valence-corrected chi connectivity index (χ2v) is 2.62. The van der Waals surface area contributed by atoms with Gasteiger partial charge >= 0.3 is 0 Å². The summed E-state index contributed by atoms with van der Waals surface area (Å²) in [6, 6.07) is 0. The van der Waals surface area contributed by atoms with Gasteiger partial charge in [-0.25, -0.2) is 0 Å². The standard InChI is InChI=1S/C10H17NO2/c1-8(11-3)6-10(13-5)7-9(2)12-4/h7H,2,6H2,1,3-5H3/b10-7+,11-8?. The van der Waals surface area contributed by atoms with Gasteiger partial charge in [0.05, 0.1) is 14.2 Å². The molecule has 0 saturated heterocycles. The molecule has 0 unspecified atom stereocenters. The molecule has 0 aromatic heterocycles. The zero-order chi connectivity index (χ0) is 10.3. The molecule has 0 atom stereocenters. The van der Waals surface area contributed by atoms with Crippen molar-refractivity contribution in [2.45, 2.75) is 13.3 Å². The summed E-state index contributed by atoms with van der Waals surface area (Å²) in [5.74, 6) is 1.38. The molecule has 13 heavy (non-hydrogen) atoms. The van der Waals surface area contributed by atoms with Crippen molar-refractivity contribution in [2.24, 2.45) is 4.99 Å². The molecule has 0 aromatic carbocycles. The van der Waals surface area contributed by atoms with E-state index in [0.29, 0.717) is 12.2 Å². The van der Waals surface area contributed by atoms with Gasteiger partial charge in [-0.15, -0.1) is 0 Å². The third-order valence-electron chi connectivity index (χ3n) is 1.66. The lowest BCUT2D eigenvalue weighted by Crippen LogP contribution is -1.97. The van der Waals surface area contributed by atoms with Crippen LogP contribution in [-0.2, 0) is 9.47 Å². The Hall–Kier alpha value is -1.25. The number of hydrogen-bond donors (Lipinski definition) is 0. The minimum atomic E-state index is 0.584. The monoisotopic (exact) mass is 183 g/mol. The van der Waals surface area contributed by atoms with Gasteiger partial charge in [-0.1, -0.05) is 6.58 Å². The lowest BCUT2D eigenvalue weighted by Gasteiger charge is -2.06. The Morgan fingerprint density at radius 2 is 2.00 bits per heavy atom. The summed E-state index contributed by atoms with van der Waals surface area (Å²) in [7, 11) is 4.96. The highest BCUT2D eigenvalue weighted by atomic mass is 16.5. The maximum Gasteiger partial charge on any atom is 0.115 e. The molecule has 0 bridgehead atoms. The van der Waals surface area contributed by atoms with Crippen molar-refractivity contribution in [3.8, 4) is 0 Å². The van der Waals surface area contributed by atoms with E-state index in [9.17, 15) is 0 Å². The molecule has 0 aliphatic rings. The van der Waals surface area contributed by atoms with Crippen LogP contribution in [0, 0.1) is 0 Å². The van der Waals surface area contributed by atoms with E-state index in [1.807, 2.05) is 6.92 Å². The van der Waals surface area contributed by atoms with Crippen LogP contribution in [0.5, 0.6) is 0 Å². The minimum absolute atomic E-state index is 0.584. The highest BCUT2D eigenvalue weighted by molar-refractivity contribution is 5.83.